The quantitative estimate of drug-likeness (QED) is 0.672. The summed E-state index contributed by atoms with van der Waals surface area (Å²) in [6.07, 6.45) is 3.49. The van der Waals surface area contributed by atoms with Crippen molar-refractivity contribution in [3.63, 3.8) is 0 Å². The second-order valence-electron chi connectivity index (χ2n) is 3.63. The molecule has 0 aliphatic rings. The summed E-state index contributed by atoms with van der Waals surface area (Å²) in [5, 5.41) is 0. The molecule has 0 atom stereocenters. The van der Waals surface area contributed by atoms with Crippen LogP contribution in [0, 0.1) is 0 Å². The van der Waals surface area contributed by atoms with Crippen molar-refractivity contribution in [3.8, 4) is 11.7 Å². The monoisotopic (exact) mass is 225 g/mol. The van der Waals surface area contributed by atoms with E-state index < -0.39 is 0 Å². The number of hydrogen-bond acceptors (Lipinski definition) is 3. The first-order chi connectivity index (χ1) is 8.40. The summed E-state index contributed by atoms with van der Waals surface area (Å²) in [6, 6.07) is 12.5. The van der Waals surface area contributed by atoms with E-state index in [1.165, 1.54) is 0 Å². The van der Waals surface area contributed by atoms with Crippen molar-refractivity contribution < 1.29 is 4.74 Å². The Kier molecular flexibility index (Phi) is 2.26. The van der Waals surface area contributed by atoms with Crippen molar-refractivity contribution in [3.05, 3.63) is 48.8 Å². The second-order valence-corrected chi connectivity index (χ2v) is 3.63. The van der Waals surface area contributed by atoms with Crippen LogP contribution in [0.25, 0.3) is 16.7 Å². The third-order valence-electron chi connectivity index (χ3n) is 2.62. The average molecular weight is 225 g/mol. The molecule has 0 saturated heterocycles. The van der Waals surface area contributed by atoms with Gasteiger partial charge in [-0.25, -0.2) is 0 Å². The zero-order valence-corrected chi connectivity index (χ0v) is 9.37. The van der Waals surface area contributed by atoms with Crippen LogP contribution in [-0.2, 0) is 0 Å². The minimum absolute atomic E-state index is 0.569. The van der Waals surface area contributed by atoms with E-state index in [1.54, 1.807) is 19.5 Å². The maximum Gasteiger partial charge on any atom is 0.301 e. The van der Waals surface area contributed by atoms with E-state index in [0.29, 0.717) is 6.01 Å². The first-order valence-electron chi connectivity index (χ1n) is 5.32. The van der Waals surface area contributed by atoms with Gasteiger partial charge < -0.3 is 4.74 Å². The lowest BCUT2D eigenvalue weighted by molar-refractivity contribution is 0.376. The van der Waals surface area contributed by atoms with Crippen LogP contribution in [0.5, 0.6) is 6.01 Å². The van der Waals surface area contributed by atoms with Crippen molar-refractivity contribution in [1.82, 2.24) is 14.5 Å². The molecule has 0 fully saturated rings. The average Bonchev–Trinajstić information content (AvgIpc) is 2.78. The Morgan fingerprint density at radius 1 is 1.12 bits per heavy atom. The second kappa shape index (κ2) is 3.90. The molecule has 1 aromatic carbocycles. The molecule has 4 heteroatoms. The van der Waals surface area contributed by atoms with Crippen molar-refractivity contribution >= 4 is 11.0 Å². The molecule has 0 amide bonds. The molecule has 0 unspecified atom stereocenters. The number of rotatable bonds is 2. The molecule has 84 valence electrons. The van der Waals surface area contributed by atoms with Gasteiger partial charge in [-0.3, -0.25) is 9.55 Å². The topological polar surface area (TPSA) is 39.9 Å². The number of ether oxygens (including phenoxy) is 1. The van der Waals surface area contributed by atoms with Gasteiger partial charge >= 0.3 is 6.01 Å². The fraction of sp³-hybridized carbons (Fsp3) is 0.0769. The number of aromatic nitrogens is 3. The van der Waals surface area contributed by atoms with Crippen LogP contribution < -0.4 is 4.74 Å². The predicted molar refractivity (Wildman–Crippen MR) is 65.4 cm³/mol. The lowest BCUT2D eigenvalue weighted by Crippen LogP contribution is -1.97. The van der Waals surface area contributed by atoms with Gasteiger partial charge in [0.1, 0.15) is 5.52 Å². The van der Waals surface area contributed by atoms with E-state index in [0.717, 1.165) is 16.7 Å². The Bertz CT molecular complexity index is 646. The zero-order valence-electron chi connectivity index (χ0n) is 9.37. The fourth-order valence-electron chi connectivity index (χ4n) is 1.87. The number of methoxy groups -OCH3 is 1. The highest BCUT2D eigenvalue weighted by molar-refractivity contribution is 5.78. The number of pyridine rings is 1. The SMILES string of the molecule is COc1nc2cnccc2n1-c1ccccc1. The third-order valence-corrected chi connectivity index (χ3v) is 2.62. The summed E-state index contributed by atoms with van der Waals surface area (Å²) in [6.45, 7) is 0. The molecule has 0 aliphatic carbocycles. The lowest BCUT2D eigenvalue weighted by atomic mass is 10.3. The fourth-order valence-corrected chi connectivity index (χ4v) is 1.87. The number of benzene rings is 1. The summed E-state index contributed by atoms with van der Waals surface area (Å²) in [5.74, 6) is 0. The molecule has 0 spiro atoms. The molecule has 0 bridgehead atoms. The number of hydrogen-bond donors (Lipinski definition) is 0. The van der Waals surface area contributed by atoms with Crippen LogP contribution in [0.4, 0.5) is 0 Å². The molecular weight excluding hydrogens is 214 g/mol. The zero-order chi connectivity index (χ0) is 11.7. The number of fused-ring (bicyclic) bond motifs is 1. The van der Waals surface area contributed by atoms with Crippen LogP contribution in [0.2, 0.25) is 0 Å². The highest BCUT2D eigenvalue weighted by Crippen LogP contribution is 2.24. The van der Waals surface area contributed by atoms with Crippen molar-refractivity contribution in [2.45, 2.75) is 0 Å². The standard InChI is InChI=1S/C13H11N3O/c1-17-13-15-11-9-14-8-7-12(11)16(13)10-5-3-2-4-6-10/h2-9H,1H3. The Morgan fingerprint density at radius 2 is 1.94 bits per heavy atom. The highest BCUT2D eigenvalue weighted by Gasteiger charge is 2.11. The molecular formula is C13H11N3O. The van der Waals surface area contributed by atoms with E-state index in [4.69, 9.17) is 4.74 Å². The molecule has 0 N–H and O–H groups in total. The van der Waals surface area contributed by atoms with E-state index in [1.807, 2.05) is 41.0 Å². The molecule has 0 radical (unpaired) electrons. The van der Waals surface area contributed by atoms with Gasteiger partial charge in [0, 0.05) is 6.20 Å². The molecule has 3 aromatic rings. The first kappa shape index (κ1) is 9.84. The number of nitrogens with zero attached hydrogens (tertiary/aromatic N) is 3. The van der Waals surface area contributed by atoms with Gasteiger partial charge in [-0.05, 0) is 18.2 Å². The van der Waals surface area contributed by atoms with Gasteiger partial charge in [-0.1, -0.05) is 18.2 Å². The van der Waals surface area contributed by atoms with Gasteiger partial charge in [0.05, 0.1) is 24.5 Å². The summed E-state index contributed by atoms with van der Waals surface area (Å²) in [4.78, 5) is 8.45. The molecule has 0 aliphatic heterocycles. The van der Waals surface area contributed by atoms with Crippen LogP contribution in [0.15, 0.2) is 48.8 Å². The Morgan fingerprint density at radius 3 is 2.71 bits per heavy atom. The van der Waals surface area contributed by atoms with E-state index in [9.17, 15) is 0 Å². The van der Waals surface area contributed by atoms with Crippen LogP contribution in [0.1, 0.15) is 0 Å². The third kappa shape index (κ3) is 1.54. The van der Waals surface area contributed by atoms with E-state index >= 15 is 0 Å². The van der Waals surface area contributed by atoms with Crippen LogP contribution in [0.3, 0.4) is 0 Å². The number of para-hydroxylation sites is 1. The predicted octanol–water partition coefficient (Wildman–Crippen LogP) is 2.43. The van der Waals surface area contributed by atoms with Gasteiger partial charge in [-0.15, -0.1) is 0 Å². The Labute approximate surface area is 98.5 Å². The molecule has 4 nitrogen and oxygen atoms in total. The maximum absolute atomic E-state index is 5.31. The van der Waals surface area contributed by atoms with Gasteiger partial charge in [0.2, 0.25) is 0 Å². The smallest absolute Gasteiger partial charge is 0.301 e. The van der Waals surface area contributed by atoms with Gasteiger partial charge in [-0.2, -0.15) is 4.98 Å². The summed E-state index contributed by atoms with van der Waals surface area (Å²) >= 11 is 0. The Hall–Kier alpha value is -2.36. The van der Waals surface area contributed by atoms with E-state index in [-0.39, 0.29) is 0 Å². The normalized spacial score (nSPS) is 10.6. The minimum atomic E-state index is 0.569. The lowest BCUT2D eigenvalue weighted by Gasteiger charge is -2.06. The van der Waals surface area contributed by atoms with Crippen molar-refractivity contribution in [2.24, 2.45) is 0 Å². The molecule has 3 rings (SSSR count). The highest BCUT2D eigenvalue weighted by atomic mass is 16.5. The van der Waals surface area contributed by atoms with Gasteiger partial charge in [0.25, 0.3) is 0 Å². The van der Waals surface area contributed by atoms with Crippen molar-refractivity contribution in [2.75, 3.05) is 7.11 Å². The molecule has 2 aromatic heterocycles. The largest absolute Gasteiger partial charge is 0.468 e. The minimum Gasteiger partial charge on any atom is -0.468 e. The maximum atomic E-state index is 5.31. The first-order valence-corrected chi connectivity index (χ1v) is 5.32. The number of imidazole rings is 1. The van der Waals surface area contributed by atoms with E-state index in [2.05, 4.69) is 9.97 Å². The molecule has 2 heterocycles. The van der Waals surface area contributed by atoms with Crippen LogP contribution in [-0.4, -0.2) is 21.6 Å². The summed E-state index contributed by atoms with van der Waals surface area (Å²) in [7, 11) is 1.62. The molecule has 17 heavy (non-hydrogen) atoms. The van der Waals surface area contributed by atoms with Crippen molar-refractivity contribution in [1.29, 1.82) is 0 Å². The summed E-state index contributed by atoms with van der Waals surface area (Å²) in [5.41, 5.74) is 2.84. The summed E-state index contributed by atoms with van der Waals surface area (Å²) < 4.78 is 7.28. The van der Waals surface area contributed by atoms with Gasteiger partial charge in [0.15, 0.2) is 0 Å². The Balaban J connectivity index is 2.34. The molecule has 0 saturated carbocycles. The van der Waals surface area contributed by atoms with Crippen LogP contribution >= 0.6 is 0 Å².